The SMILES string of the molecule is NC1=NC(c2ccccc2)(c2ccccc2)C(=O)N1CCCCNC(=O)C(N)Cc1ccccc1. The monoisotopic (exact) mass is 469 g/mol. The quantitative estimate of drug-likeness (QED) is 0.396. The number of aliphatic imine (C=N–C) groups is 1. The number of carbonyl (C=O) groups excluding carboxylic acids is 2. The average molecular weight is 470 g/mol. The van der Waals surface area contributed by atoms with Crippen LogP contribution in [0.4, 0.5) is 0 Å². The summed E-state index contributed by atoms with van der Waals surface area (Å²) in [6.07, 6.45) is 1.84. The maximum absolute atomic E-state index is 13.7. The Bertz CT molecular complexity index is 1130. The van der Waals surface area contributed by atoms with Gasteiger partial charge in [0.25, 0.3) is 5.91 Å². The first-order valence-electron chi connectivity index (χ1n) is 11.9. The second-order valence-electron chi connectivity index (χ2n) is 8.66. The number of carbonyl (C=O) groups is 2. The molecular formula is C28H31N5O2. The standard InChI is InChI=1S/C28H31N5O2/c29-24(20-21-12-4-1-5-13-21)25(34)31-18-10-11-19-33-26(35)28(32-27(33)30,22-14-6-2-7-15-22)23-16-8-3-9-17-23/h1-9,12-17,24H,10-11,18-20,29H2,(H2,30,32)(H,31,34). The largest absolute Gasteiger partial charge is 0.369 e. The highest BCUT2D eigenvalue weighted by Gasteiger charge is 2.50. The van der Waals surface area contributed by atoms with E-state index < -0.39 is 11.6 Å². The number of nitrogens with two attached hydrogens (primary N) is 2. The summed E-state index contributed by atoms with van der Waals surface area (Å²) in [6.45, 7) is 0.893. The van der Waals surface area contributed by atoms with Crippen molar-refractivity contribution in [2.24, 2.45) is 16.5 Å². The van der Waals surface area contributed by atoms with E-state index in [1.165, 1.54) is 0 Å². The molecule has 7 heteroatoms. The minimum absolute atomic E-state index is 0.165. The number of guanidine groups is 1. The van der Waals surface area contributed by atoms with Crippen LogP contribution in [0.3, 0.4) is 0 Å². The first kappa shape index (κ1) is 24.2. The molecule has 0 saturated heterocycles. The number of benzene rings is 3. The van der Waals surface area contributed by atoms with Gasteiger partial charge in [-0.25, -0.2) is 4.99 Å². The lowest BCUT2D eigenvalue weighted by Crippen LogP contribution is -2.44. The Labute approximate surface area is 205 Å². The third-order valence-electron chi connectivity index (χ3n) is 6.24. The predicted octanol–water partition coefficient (Wildman–Crippen LogP) is 2.55. The molecule has 0 spiro atoms. The molecule has 1 unspecified atom stereocenters. The van der Waals surface area contributed by atoms with Gasteiger partial charge in [-0.15, -0.1) is 0 Å². The van der Waals surface area contributed by atoms with Gasteiger partial charge in [0.1, 0.15) is 0 Å². The molecule has 0 saturated carbocycles. The molecule has 3 aromatic rings. The van der Waals surface area contributed by atoms with Crippen LogP contribution in [0.2, 0.25) is 0 Å². The zero-order valence-electron chi connectivity index (χ0n) is 19.6. The van der Waals surface area contributed by atoms with E-state index in [1.807, 2.05) is 91.0 Å². The lowest BCUT2D eigenvalue weighted by Gasteiger charge is -2.27. The van der Waals surface area contributed by atoms with Crippen LogP contribution in [0, 0.1) is 0 Å². The summed E-state index contributed by atoms with van der Waals surface area (Å²) < 4.78 is 0. The van der Waals surface area contributed by atoms with Crippen molar-refractivity contribution in [1.29, 1.82) is 0 Å². The molecule has 0 fully saturated rings. The fourth-order valence-electron chi connectivity index (χ4n) is 4.40. The van der Waals surface area contributed by atoms with Crippen LogP contribution in [-0.4, -0.2) is 41.8 Å². The predicted molar refractivity (Wildman–Crippen MR) is 137 cm³/mol. The molecule has 1 aliphatic rings. The molecule has 1 aliphatic heterocycles. The van der Waals surface area contributed by atoms with Gasteiger partial charge in [-0.1, -0.05) is 91.0 Å². The molecule has 180 valence electrons. The molecule has 0 aliphatic carbocycles. The summed E-state index contributed by atoms with van der Waals surface area (Å²) in [4.78, 5) is 32.3. The van der Waals surface area contributed by atoms with Crippen molar-refractivity contribution in [2.45, 2.75) is 30.8 Å². The number of unbranched alkanes of at least 4 members (excludes halogenated alkanes) is 1. The van der Waals surface area contributed by atoms with E-state index in [9.17, 15) is 9.59 Å². The van der Waals surface area contributed by atoms with E-state index in [-0.39, 0.29) is 17.8 Å². The lowest BCUT2D eigenvalue weighted by molar-refractivity contribution is -0.130. The Kier molecular flexibility index (Phi) is 7.57. The van der Waals surface area contributed by atoms with Gasteiger partial charge in [0.2, 0.25) is 5.91 Å². The summed E-state index contributed by atoms with van der Waals surface area (Å²) in [5.74, 6) is -0.141. The van der Waals surface area contributed by atoms with Crippen molar-refractivity contribution < 1.29 is 9.59 Å². The van der Waals surface area contributed by atoms with Gasteiger partial charge in [-0.2, -0.15) is 0 Å². The molecule has 7 nitrogen and oxygen atoms in total. The minimum Gasteiger partial charge on any atom is -0.369 e. The summed E-state index contributed by atoms with van der Waals surface area (Å²) in [5, 5.41) is 2.89. The third kappa shape index (κ3) is 5.25. The normalized spacial score (nSPS) is 15.5. The molecule has 0 radical (unpaired) electrons. The molecule has 35 heavy (non-hydrogen) atoms. The van der Waals surface area contributed by atoms with Crippen LogP contribution in [-0.2, 0) is 21.5 Å². The third-order valence-corrected chi connectivity index (χ3v) is 6.24. The van der Waals surface area contributed by atoms with Gasteiger partial charge < -0.3 is 16.8 Å². The zero-order valence-corrected chi connectivity index (χ0v) is 19.6. The van der Waals surface area contributed by atoms with E-state index >= 15 is 0 Å². The van der Waals surface area contributed by atoms with Crippen molar-refractivity contribution in [3.63, 3.8) is 0 Å². The van der Waals surface area contributed by atoms with Crippen molar-refractivity contribution >= 4 is 17.8 Å². The van der Waals surface area contributed by atoms with Gasteiger partial charge in [0.05, 0.1) is 6.04 Å². The first-order valence-corrected chi connectivity index (χ1v) is 11.9. The number of nitrogens with zero attached hydrogens (tertiary/aromatic N) is 2. The Balaban J connectivity index is 1.34. The fraction of sp³-hybridized carbons (Fsp3) is 0.250. The number of hydrogen-bond acceptors (Lipinski definition) is 5. The second kappa shape index (κ2) is 11.0. The van der Waals surface area contributed by atoms with Crippen LogP contribution in [0.15, 0.2) is 96.0 Å². The van der Waals surface area contributed by atoms with E-state index in [0.29, 0.717) is 32.4 Å². The summed E-state index contributed by atoms with van der Waals surface area (Å²) >= 11 is 0. The maximum Gasteiger partial charge on any atom is 0.266 e. The highest BCUT2D eigenvalue weighted by molar-refractivity contribution is 6.09. The van der Waals surface area contributed by atoms with E-state index in [1.54, 1.807) is 4.90 Å². The number of nitrogens with one attached hydrogen (secondary N) is 1. The minimum atomic E-state index is -1.19. The molecule has 1 atom stereocenters. The van der Waals surface area contributed by atoms with Crippen molar-refractivity contribution in [3.8, 4) is 0 Å². The van der Waals surface area contributed by atoms with Crippen molar-refractivity contribution in [2.75, 3.05) is 13.1 Å². The topological polar surface area (TPSA) is 114 Å². The summed E-state index contributed by atoms with van der Waals surface area (Å²) in [5.41, 5.74) is 13.7. The smallest absolute Gasteiger partial charge is 0.266 e. The first-order chi connectivity index (χ1) is 17.0. The maximum atomic E-state index is 13.7. The Morgan fingerprint density at radius 1 is 0.886 bits per heavy atom. The molecule has 0 bridgehead atoms. The number of amides is 2. The molecule has 3 aromatic carbocycles. The lowest BCUT2D eigenvalue weighted by atomic mass is 9.83. The molecule has 2 amide bonds. The summed E-state index contributed by atoms with van der Waals surface area (Å²) in [6, 6.07) is 28.1. The molecule has 1 heterocycles. The van der Waals surface area contributed by atoms with Crippen LogP contribution in [0.5, 0.6) is 0 Å². The Hall–Kier alpha value is -3.97. The molecular weight excluding hydrogens is 438 g/mol. The molecule has 5 N–H and O–H groups in total. The fourth-order valence-corrected chi connectivity index (χ4v) is 4.40. The average Bonchev–Trinajstić information content (AvgIpc) is 3.15. The van der Waals surface area contributed by atoms with Gasteiger partial charge >= 0.3 is 0 Å². The van der Waals surface area contributed by atoms with Gasteiger partial charge in [-0.05, 0) is 36.0 Å². The Morgan fingerprint density at radius 2 is 1.43 bits per heavy atom. The van der Waals surface area contributed by atoms with E-state index in [0.717, 1.165) is 16.7 Å². The van der Waals surface area contributed by atoms with E-state index in [4.69, 9.17) is 16.5 Å². The van der Waals surface area contributed by atoms with Crippen molar-refractivity contribution in [3.05, 3.63) is 108 Å². The van der Waals surface area contributed by atoms with Gasteiger partial charge in [0, 0.05) is 13.1 Å². The summed E-state index contributed by atoms with van der Waals surface area (Å²) in [7, 11) is 0. The number of hydrogen-bond donors (Lipinski definition) is 3. The van der Waals surface area contributed by atoms with Crippen LogP contribution < -0.4 is 16.8 Å². The highest BCUT2D eigenvalue weighted by Crippen LogP contribution is 2.39. The zero-order chi connectivity index (χ0) is 24.7. The second-order valence-corrected chi connectivity index (χ2v) is 8.66. The molecule has 0 aromatic heterocycles. The van der Waals surface area contributed by atoms with Crippen LogP contribution >= 0.6 is 0 Å². The van der Waals surface area contributed by atoms with Gasteiger partial charge in [-0.3, -0.25) is 14.5 Å². The van der Waals surface area contributed by atoms with E-state index in [2.05, 4.69) is 5.32 Å². The Morgan fingerprint density at radius 3 is 2.00 bits per heavy atom. The number of rotatable bonds is 10. The molecule has 4 rings (SSSR count). The van der Waals surface area contributed by atoms with Crippen LogP contribution in [0.1, 0.15) is 29.5 Å². The van der Waals surface area contributed by atoms with Gasteiger partial charge in [0.15, 0.2) is 11.5 Å². The van der Waals surface area contributed by atoms with Crippen LogP contribution in [0.25, 0.3) is 0 Å². The highest BCUT2D eigenvalue weighted by atomic mass is 16.2. The van der Waals surface area contributed by atoms with Crippen molar-refractivity contribution in [1.82, 2.24) is 10.2 Å².